The molecule has 0 aromatic carbocycles. The average Bonchev–Trinajstić information content (AvgIpc) is 2.52. The molecule has 1 heteroatoms. The first-order valence-electron chi connectivity index (χ1n) is 4.84. The first-order chi connectivity index (χ1) is 6.13. The van der Waals surface area contributed by atoms with Gasteiger partial charge in [-0.25, -0.2) is 0 Å². The highest BCUT2D eigenvalue weighted by Gasteiger charge is 2.05. The third-order valence-corrected chi connectivity index (χ3v) is 3.59. The maximum Gasteiger partial charge on any atom is 0.00736 e. The van der Waals surface area contributed by atoms with Crippen LogP contribution in [-0.4, -0.2) is 0 Å². The van der Waals surface area contributed by atoms with Gasteiger partial charge in [-0.1, -0.05) is 26.8 Å². The first kappa shape index (κ1) is 10.5. The van der Waals surface area contributed by atoms with Crippen LogP contribution in [-0.2, 0) is 6.42 Å². The predicted octanol–water partition coefficient (Wildman–Crippen LogP) is 4.24. The zero-order valence-corrected chi connectivity index (χ0v) is 9.53. The lowest BCUT2D eigenvalue weighted by Gasteiger charge is -2.02. The highest BCUT2D eigenvalue weighted by molar-refractivity contribution is 7.12. The molecule has 0 amide bonds. The molecule has 0 bridgehead atoms. The zero-order chi connectivity index (χ0) is 9.84. The van der Waals surface area contributed by atoms with Gasteiger partial charge >= 0.3 is 0 Å². The summed E-state index contributed by atoms with van der Waals surface area (Å²) in [7, 11) is 0. The van der Waals surface area contributed by atoms with Crippen molar-refractivity contribution in [2.45, 2.75) is 33.1 Å². The summed E-state index contributed by atoms with van der Waals surface area (Å²) in [5, 5.41) is 0. The molecule has 0 nitrogen and oxygen atoms in total. The minimum Gasteiger partial charge on any atom is -0.145 e. The van der Waals surface area contributed by atoms with Crippen LogP contribution in [0.4, 0.5) is 0 Å². The van der Waals surface area contributed by atoms with Gasteiger partial charge in [0.15, 0.2) is 0 Å². The normalized spacial score (nSPS) is 13.2. The van der Waals surface area contributed by atoms with Gasteiger partial charge in [-0.2, -0.15) is 0 Å². The second-order valence-corrected chi connectivity index (χ2v) is 5.08. The Morgan fingerprint density at radius 2 is 2.08 bits per heavy atom. The molecule has 1 heterocycles. The van der Waals surface area contributed by atoms with E-state index < -0.39 is 0 Å². The summed E-state index contributed by atoms with van der Waals surface area (Å²) in [6.45, 7) is 10.5. The minimum atomic E-state index is 0.596. The molecule has 0 fully saturated rings. The quantitative estimate of drug-likeness (QED) is 0.629. The lowest BCUT2D eigenvalue weighted by Crippen LogP contribution is -1.91. The predicted molar refractivity (Wildman–Crippen MR) is 61.5 cm³/mol. The maximum absolute atomic E-state index is 3.80. The Hall–Kier alpha value is -0.560. The Kier molecular flexibility index (Phi) is 3.73. The number of hydrogen-bond acceptors (Lipinski definition) is 1. The summed E-state index contributed by atoms with van der Waals surface area (Å²) in [6.07, 6.45) is 3.16. The van der Waals surface area contributed by atoms with Crippen molar-refractivity contribution in [1.82, 2.24) is 0 Å². The van der Waals surface area contributed by atoms with E-state index in [9.17, 15) is 0 Å². The van der Waals surface area contributed by atoms with Crippen molar-refractivity contribution in [3.63, 3.8) is 0 Å². The van der Waals surface area contributed by atoms with Crippen LogP contribution in [0.3, 0.4) is 0 Å². The van der Waals surface area contributed by atoms with Gasteiger partial charge in [0.2, 0.25) is 0 Å². The van der Waals surface area contributed by atoms with Gasteiger partial charge < -0.3 is 0 Å². The number of thiophene rings is 1. The van der Waals surface area contributed by atoms with Gasteiger partial charge in [-0.05, 0) is 30.4 Å². The summed E-state index contributed by atoms with van der Waals surface area (Å²) >= 11 is 1.94. The van der Waals surface area contributed by atoms with E-state index in [0.29, 0.717) is 11.8 Å². The first-order valence-corrected chi connectivity index (χ1v) is 5.66. The van der Waals surface area contributed by atoms with Crippen LogP contribution in [0.25, 0.3) is 0 Å². The third kappa shape index (κ3) is 3.00. The molecule has 1 aromatic rings. The van der Waals surface area contributed by atoms with Crippen LogP contribution in [0.2, 0.25) is 0 Å². The molecule has 13 heavy (non-hydrogen) atoms. The molecule has 1 unspecified atom stereocenters. The molecule has 0 radical (unpaired) electrons. The highest BCUT2D eigenvalue weighted by atomic mass is 32.1. The van der Waals surface area contributed by atoms with Crippen LogP contribution < -0.4 is 0 Å². The van der Waals surface area contributed by atoms with Crippen molar-refractivity contribution in [2.24, 2.45) is 5.92 Å². The van der Waals surface area contributed by atoms with E-state index in [0.717, 1.165) is 6.42 Å². The average molecular weight is 194 g/mol. The second-order valence-electron chi connectivity index (χ2n) is 3.88. The Morgan fingerprint density at radius 3 is 2.54 bits per heavy atom. The van der Waals surface area contributed by atoms with Crippen LogP contribution in [0.5, 0.6) is 0 Å². The van der Waals surface area contributed by atoms with Gasteiger partial charge in [-0.15, -0.1) is 17.9 Å². The van der Waals surface area contributed by atoms with Crippen LogP contribution in [0.1, 0.15) is 36.4 Å². The number of hydrogen-bond donors (Lipinski definition) is 0. The van der Waals surface area contributed by atoms with Crippen LogP contribution in [0, 0.1) is 5.92 Å². The molecule has 0 N–H and O–H groups in total. The van der Waals surface area contributed by atoms with Crippen LogP contribution >= 0.6 is 11.3 Å². The number of allylic oxidation sites excluding steroid dienone is 1. The van der Waals surface area contributed by atoms with Gasteiger partial charge in [0.1, 0.15) is 0 Å². The van der Waals surface area contributed by atoms with E-state index in [1.165, 1.54) is 9.75 Å². The topological polar surface area (TPSA) is 0 Å². The molecule has 72 valence electrons. The maximum atomic E-state index is 3.80. The SMILES string of the molecule is C=CC(C)Cc1ccc(C(C)C)s1. The molecule has 0 aliphatic heterocycles. The smallest absolute Gasteiger partial charge is 0.00736 e. The van der Waals surface area contributed by atoms with E-state index in [1.807, 2.05) is 17.4 Å². The summed E-state index contributed by atoms with van der Waals surface area (Å²) in [5.41, 5.74) is 0. The monoisotopic (exact) mass is 194 g/mol. The molecule has 0 saturated carbocycles. The summed E-state index contributed by atoms with van der Waals surface area (Å²) < 4.78 is 0. The van der Waals surface area contributed by atoms with Gasteiger partial charge in [0.05, 0.1) is 0 Å². The lowest BCUT2D eigenvalue weighted by molar-refractivity contribution is 0.735. The summed E-state index contributed by atoms with van der Waals surface area (Å²) in [4.78, 5) is 2.97. The zero-order valence-electron chi connectivity index (χ0n) is 8.71. The van der Waals surface area contributed by atoms with Crippen molar-refractivity contribution in [3.05, 3.63) is 34.5 Å². The summed E-state index contributed by atoms with van der Waals surface area (Å²) in [6, 6.07) is 4.50. The largest absolute Gasteiger partial charge is 0.145 e. The van der Waals surface area contributed by atoms with Crippen molar-refractivity contribution in [2.75, 3.05) is 0 Å². The Balaban J connectivity index is 2.63. The molecule has 0 aliphatic carbocycles. The molecule has 0 saturated heterocycles. The Morgan fingerprint density at radius 1 is 1.38 bits per heavy atom. The molecule has 1 aromatic heterocycles. The third-order valence-electron chi connectivity index (χ3n) is 2.18. The van der Waals surface area contributed by atoms with Gasteiger partial charge in [0, 0.05) is 9.75 Å². The number of rotatable bonds is 4. The molecule has 1 rings (SSSR count). The summed E-state index contributed by atoms with van der Waals surface area (Å²) in [5.74, 6) is 1.26. The van der Waals surface area contributed by atoms with E-state index in [2.05, 4.69) is 39.5 Å². The van der Waals surface area contributed by atoms with E-state index in [4.69, 9.17) is 0 Å². The fraction of sp³-hybridized carbons (Fsp3) is 0.500. The van der Waals surface area contributed by atoms with Crippen molar-refractivity contribution in [1.29, 1.82) is 0 Å². The van der Waals surface area contributed by atoms with Crippen molar-refractivity contribution in [3.8, 4) is 0 Å². The van der Waals surface area contributed by atoms with E-state index >= 15 is 0 Å². The molecular formula is C12H18S. The molecule has 1 atom stereocenters. The minimum absolute atomic E-state index is 0.596. The second kappa shape index (κ2) is 4.61. The van der Waals surface area contributed by atoms with Crippen LogP contribution in [0.15, 0.2) is 24.8 Å². The molecular weight excluding hydrogens is 176 g/mol. The van der Waals surface area contributed by atoms with Gasteiger partial charge in [0.25, 0.3) is 0 Å². The fourth-order valence-corrected chi connectivity index (χ4v) is 2.37. The molecule has 0 spiro atoms. The van der Waals surface area contributed by atoms with E-state index in [1.54, 1.807) is 0 Å². The Labute approximate surface area is 85.3 Å². The highest BCUT2D eigenvalue weighted by Crippen LogP contribution is 2.26. The van der Waals surface area contributed by atoms with Crippen molar-refractivity contribution < 1.29 is 0 Å². The fourth-order valence-electron chi connectivity index (χ4n) is 1.22. The van der Waals surface area contributed by atoms with E-state index in [-0.39, 0.29) is 0 Å². The van der Waals surface area contributed by atoms with Crippen molar-refractivity contribution >= 4 is 11.3 Å². The lowest BCUT2D eigenvalue weighted by atomic mass is 10.1. The Bertz CT molecular complexity index is 270. The standard InChI is InChI=1S/C12H18S/c1-5-10(4)8-11-6-7-12(13-11)9(2)3/h5-7,9-10H,1,8H2,2-4H3. The molecule has 0 aliphatic rings. The van der Waals surface area contributed by atoms with Gasteiger partial charge in [-0.3, -0.25) is 0 Å².